The van der Waals surface area contributed by atoms with Crippen LogP contribution in [0, 0.1) is 0 Å². The topological polar surface area (TPSA) is 32.3 Å². The van der Waals surface area contributed by atoms with E-state index in [1.54, 1.807) is 0 Å². The first-order valence-electron chi connectivity index (χ1n) is 5.57. The van der Waals surface area contributed by atoms with Gasteiger partial charge >= 0.3 is 0 Å². The highest BCUT2D eigenvalue weighted by molar-refractivity contribution is 5.78. The molecule has 0 aromatic rings. The van der Waals surface area contributed by atoms with Crippen molar-refractivity contribution in [3.8, 4) is 0 Å². The second kappa shape index (κ2) is 4.79. The van der Waals surface area contributed by atoms with E-state index in [0.717, 1.165) is 19.5 Å². The predicted molar refractivity (Wildman–Crippen MR) is 62.7 cm³/mol. The van der Waals surface area contributed by atoms with Crippen LogP contribution in [-0.4, -0.2) is 36.0 Å². The zero-order valence-corrected chi connectivity index (χ0v) is 10.3. The molecule has 0 fully saturated rings. The van der Waals surface area contributed by atoms with Crippen molar-refractivity contribution in [3.05, 3.63) is 11.6 Å². The standard InChI is InChI=1S/C12H22N2O/c1-10-6-5-7-14(9-10)11(15)8-13-12(2,3)4/h6,13H,5,7-9H2,1-4H3. The fourth-order valence-corrected chi connectivity index (χ4v) is 1.58. The lowest BCUT2D eigenvalue weighted by molar-refractivity contribution is -0.130. The summed E-state index contributed by atoms with van der Waals surface area (Å²) < 4.78 is 0. The third-order valence-electron chi connectivity index (χ3n) is 2.45. The quantitative estimate of drug-likeness (QED) is 0.701. The molecule has 1 heterocycles. The molecule has 0 aromatic heterocycles. The van der Waals surface area contributed by atoms with Crippen LogP contribution in [0.25, 0.3) is 0 Å². The summed E-state index contributed by atoms with van der Waals surface area (Å²) >= 11 is 0. The van der Waals surface area contributed by atoms with E-state index in [4.69, 9.17) is 0 Å². The second-order valence-corrected chi connectivity index (χ2v) is 5.26. The van der Waals surface area contributed by atoms with E-state index in [2.05, 4.69) is 39.1 Å². The number of carbonyl (C=O) groups is 1. The molecule has 0 atom stereocenters. The molecule has 15 heavy (non-hydrogen) atoms. The average Bonchev–Trinajstić information content (AvgIpc) is 2.13. The Morgan fingerprint density at radius 3 is 2.73 bits per heavy atom. The summed E-state index contributed by atoms with van der Waals surface area (Å²) in [6.45, 7) is 10.4. The van der Waals surface area contributed by atoms with Gasteiger partial charge in [0, 0.05) is 18.6 Å². The molecule has 0 spiro atoms. The van der Waals surface area contributed by atoms with E-state index in [-0.39, 0.29) is 11.4 Å². The smallest absolute Gasteiger partial charge is 0.236 e. The molecule has 1 amide bonds. The highest BCUT2D eigenvalue weighted by Gasteiger charge is 2.18. The Hall–Kier alpha value is -0.830. The van der Waals surface area contributed by atoms with Crippen molar-refractivity contribution < 1.29 is 4.79 Å². The molecule has 1 aliphatic rings. The maximum absolute atomic E-state index is 11.8. The van der Waals surface area contributed by atoms with Crippen LogP contribution >= 0.6 is 0 Å². The number of rotatable bonds is 2. The zero-order chi connectivity index (χ0) is 11.5. The highest BCUT2D eigenvalue weighted by Crippen LogP contribution is 2.08. The minimum absolute atomic E-state index is 0.0102. The fourth-order valence-electron chi connectivity index (χ4n) is 1.58. The first kappa shape index (κ1) is 12.2. The minimum Gasteiger partial charge on any atom is -0.337 e. The molecule has 1 N–H and O–H groups in total. The molecule has 0 saturated heterocycles. The maximum Gasteiger partial charge on any atom is 0.236 e. The third kappa shape index (κ3) is 4.47. The molecule has 0 aromatic carbocycles. The summed E-state index contributed by atoms with van der Waals surface area (Å²) in [4.78, 5) is 13.8. The molecule has 3 nitrogen and oxygen atoms in total. The number of hydrogen-bond acceptors (Lipinski definition) is 2. The van der Waals surface area contributed by atoms with Gasteiger partial charge in [-0.15, -0.1) is 0 Å². The van der Waals surface area contributed by atoms with Gasteiger partial charge in [-0.3, -0.25) is 4.79 Å². The fraction of sp³-hybridized carbons (Fsp3) is 0.750. The first-order chi connectivity index (χ1) is 6.88. The Morgan fingerprint density at radius 2 is 2.20 bits per heavy atom. The van der Waals surface area contributed by atoms with Gasteiger partial charge in [0.25, 0.3) is 0 Å². The van der Waals surface area contributed by atoms with Crippen LogP contribution in [-0.2, 0) is 4.79 Å². The molecule has 0 bridgehead atoms. The van der Waals surface area contributed by atoms with Crippen molar-refractivity contribution in [3.63, 3.8) is 0 Å². The first-order valence-corrected chi connectivity index (χ1v) is 5.57. The molecule has 0 aliphatic carbocycles. The summed E-state index contributed by atoms with van der Waals surface area (Å²) in [7, 11) is 0. The van der Waals surface area contributed by atoms with Gasteiger partial charge in [-0.1, -0.05) is 11.6 Å². The van der Waals surface area contributed by atoms with Crippen molar-refractivity contribution in [1.29, 1.82) is 0 Å². The second-order valence-electron chi connectivity index (χ2n) is 5.26. The van der Waals surface area contributed by atoms with E-state index >= 15 is 0 Å². The number of hydrogen-bond donors (Lipinski definition) is 1. The Bertz CT molecular complexity index is 263. The zero-order valence-electron chi connectivity index (χ0n) is 10.3. The van der Waals surface area contributed by atoms with E-state index in [1.807, 2.05) is 4.90 Å². The van der Waals surface area contributed by atoms with Gasteiger partial charge < -0.3 is 10.2 Å². The SMILES string of the molecule is CC1=CCCN(C(=O)CNC(C)(C)C)C1. The number of carbonyl (C=O) groups excluding carboxylic acids is 1. The van der Waals surface area contributed by atoms with Gasteiger partial charge in [0.15, 0.2) is 0 Å². The van der Waals surface area contributed by atoms with Crippen LogP contribution in [0.2, 0.25) is 0 Å². The minimum atomic E-state index is 0.0102. The van der Waals surface area contributed by atoms with Crippen molar-refractivity contribution in [1.82, 2.24) is 10.2 Å². The van der Waals surface area contributed by atoms with Crippen molar-refractivity contribution in [2.45, 2.75) is 39.7 Å². The van der Waals surface area contributed by atoms with Crippen LogP contribution in [0.5, 0.6) is 0 Å². The summed E-state index contributed by atoms with van der Waals surface area (Å²) in [5, 5.41) is 3.22. The van der Waals surface area contributed by atoms with Crippen molar-refractivity contribution >= 4 is 5.91 Å². The molecular weight excluding hydrogens is 188 g/mol. The van der Waals surface area contributed by atoms with Crippen LogP contribution in [0.3, 0.4) is 0 Å². The summed E-state index contributed by atoms with van der Waals surface area (Å²) in [6.07, 6.45) is 3.20. The molecule has 1 rings (SSSR count). The lowest BCUT2D eigenvalue weighted by atomic mass is 10.1. The molecule has 86 valence electrons. The Balaban J connectivity index is 2.38. The van der Waals surface area contributed by atoms with Gasteiger partial charge in [0.05, 0.1) is 6.54 Å². The van der Waals surface area contributed by atoms with E-state index in [0.29, 0.717) is 6.54 Å². The predicted octanol–water partition coefficient (Wildman–Crippen LogP) is 1.55. The lowest BCUT2D eigenvalue weighted by Crippen LogP contribution is -2.46. The Labute approximate surface area is 92.5 Å². The Kier molecular flexibility index (Phi) is 3.91. The summed E-state index contributed by atoms with van der Waals surface area (Å²) in [5.41, 5.74) is 1.31. The van der Waals surface area contributed by atoms with E-state index in [9.17, 15) is 4.79 Å². The molecule has 0 radical (unpaired) electrons. The monoisotopic (exact) mass is 210 g/mol. The van der Waals surface area contributed by atoms with E-state index < -0.39 is 0 Å². The number of amides is 1. The number of nitrogens with one attached hydrogen (secondary N) is 1. The Morgan fingerprint density at radius 1 is 1.53 bits per heavy atom. The largest absolute Gasteiger partial charge is 0.337 e. The average molecular weight is 210 g/mol. The molecule has 0 unspecified atom stereocenters. The van der Waals surface area contributed by atoms with Crippen LogP contribution in [0.15, 0.2) is 11.6 Å². The van der Waals surface area contributed by atoms with E-state index in [1.165, 1.54) is 5.57 Å². The molecule has 0 saturated carbocycles. The third-order valence-corrected chi connectivity index (χ3v) is 2.45. The van der Waals surface area contributed by atoms with Crippen molar-refractivity contribution in [2.75, 3.05) is 19.6 Å². The summed E-state index contributed by atoms with van der Waals surface area (Å²) in [6, 6.07) is 0. The molecule has 3 heteroatoms. The van der Waals surface area contributed by atoms with Gasteiger partial charge in [0.1, 0.15) is 0 Å². The van der Waals surface area contributed by atoms with Crippen LogP contribution in [0.4, 0.5) is 0 Å². The number of nitrogens with zero attached hydrogens (tertiary/aromatic N) is 1. The van der Waals surface area contributed by atoms with Crippen LogP contribution in [0.1, 0.15) is 34.1 Å². The summed E-state index contributed by atoms with van der Waals surface area (Å²) in [5.74, 6) is 0.206. The normalized spacial score (nSPS) is 17.6. The van der Waals surface area contributed by atoms with Crippen molar-refractivity contribution in [2.24, 2.45) is 0 Å². The lowest BCUT2D eigenvalue weighted by Gasteiger charge is -2.28. The van der Waals surface area contributed by atoms with Gasteiger partial charge in [0.2, 0.25) is 5.91 Å². The van der Waals surface area contributed by atoms with Gasteiger partial charge in [-0.25, -0.2) is 0 Å². The van der Waals surface area contributed by atoms with Gasteiger partial charge in [-0.2, -0.15) is 0 Å². The van der Waals surface area contributed by atoms with Crippen LogP contribution < -0.4 is 5.32 Å². The maximum atomic E-state index is 11.8. The molecular formula is C12H22N2O. The highest BCUT2D eigenvalue weighted by atomic mass is 16.2. The van der Waals surface area contributed by atoms with Gasteiger partial charge in [-0.05, 0) is 34.1 Å². The molecule has 1 aliphatic heterocycles.